The van der Waals surface area contributed by atoms with Gasteiger partial charge in [0.25, 0.3) is 0 Å². The van der Waals surface area contributed by atoms with Crippen molar-refractivity contribution in [2.24, 2.45) is 4.99 Å². The number of aliphatic imine (C=N–C) groups is 1. The Morgan fingerprint density at radius 2 is 2.14 bits per heavy atom. The van der Waals surface area contributed by atoms with Gasteiger partial charge in [0.1, 0.15) is 17.6 Å². The first-order valence-corrected chi connectivity index (χ1v) is 10.4. The van der Waals surface area contributed by atoms with Crippen LogP contribution in [0.5, 0.6) is 11.5 Å². The fraction of sp³-hybridized carbons (Fsp3) is 0.545. The van der Waals surface area contributed by atoms with Crippen molar-refractivity contribution in [1.82, 2.24) is 20.4 Å². The fourth-order valence-electron chi connectivity index (χ4n) is 3.64. The number of aromatic nitrogens is 2. The molecular formula is C22H33N5O2. The van der Waals surface area contributed by atoms with E-state index in [1.165, 1.54) is 11.3 Å². The van der Waals surface area contributed by atoms with Crippen LogP contribution in [0.25, 0.3) is 0 Å². The van der Waals surface area contributed by atoms with Gasteiger partial charge in [-0.25, -0.2) is 4.99 Å². The van der Waals surface area contributed by atoms with Gasteiger partial charge in [0.2, 0.25) is 0 Å². The number of guanidine groups is 1. The molecule has 0 radical (unpaired) electrons. The average Bonchev–Trinajstić information content (AvgIpc) is 3.21. The van der Waals surface area contributed by atoms with E-state index in [9.17, 15) is 0 Å². The van der Waals surface area contributed by atoms with Crippen LogP contribution in [0.2, 0.25) is 0 Å². The molecule has 0 saturated carbocycles. The number of benzene rings is 1. The van der Waals surface area contributed by atoms with Crippen molar-refractivity contribution in [2.45, 2.75) is 59.7 Å². The van der Waals surface area contributed by atoms with Crippen LogP contribution in [0.15, 0.2) is 23.2 Å². The highest BCUT2D eigenvalue weighted by molar-refractivity contribution is 5.79. The number of nitrogens with zero attached hydrogens (tertiary/aromatic N) is 3. The second kappa shape index (κ2) is 9.67. The number of hydrogen-bond acceptors (Lipinski definition) is 4. The molecule has 0 bridgehead atoms. The van der Waals surface area contributed by atoms with E-state index in [1.54, 1.807) is 7.11 Å². The SMILES string of the molecule is CCNC(=NCc1cc2c(cc1OC)CC(C)O2)NCCCn1nc(C)cc1C. The summed E-state index contributed by atoms with van der Waals surface area (Å²) in [5, 5.41) is 11.2. The van der Waals surface area contributed by atoms with E-state index < -0.39 is 0 Å². The predicted molar refractivity (Wildman–Crippen MR) is 116 cm³/mol. The third-order valence-electron chi connectivity index (χ3n) is 4.99. The van der Waals surface area contributed by atoms with E-state index >= 15 is 0 Å². The lowest BCUT2D eigenvalue weighted by Gasteiger charge is -2.13. The second-order valence-electron chi connectivity index (χ2n) is 7.53. The summed E-state index contributed by atoms with van der Waals surface area (Å²) >= 11 is 0. The van der Waals surface area contributed by atoms with Crippen molar-refractivity contribution in [3.8, 4) is 11.5 Å². The lowest BCUT2D eigenvalue weighted by Crippen LogP contribution is -2.38. The lowest BCUT2D eigenvalue weighted by atomic mass is 10.1. The monoisotopic (exact) mass is 399 g/mol. The summed E-state index contributed by atoms with van der Waals surface area (Å²) in [6.45, 7) is 11.3. The molecule has 3 rings (SSSR count). The van der Waals surface area contributed by atoms with E-state index in [0.29, 0.717) is 6.54 Å². The number of ether oxygens (including phenoxy) is 2. The zero-order valence-corrected chi connectivity index (χ0v) is 18.2. The minimum atomic E-state index is 0.217. The highest BCUT2D eigenvalue weighted by Gasteiger charge is 2.21. The minimum Gasteiger partial charge on any atom is -0.496 e. The van der Waals surface area contributed by atoms with E-state index in [2.05, 4.69) is 59.4 Å². The Balaban J connectivity index is 1.59. The molecule has 1 atom stereocenters. The summed E-state index contributed by atoms with van der Waals surface area (Å²) in [5.41, 5.74) is 4.49. The van der Waals surface area contributed by atoms with Crippen LogP contribution in [0, 0.1) is 13.8 Å². The van der Waals surface area contributed by atoms with Crippen LogP contribution in [-0.2, 0) is 19.5 Å². The number of hydrogen-bond donors (Lipinski definition) is 2. The highest BCUT2D eigenvalue weighted by atomic mass is 16.5. The maximum absolute atomic E-state index is 5.89. The predicted octanol–water partition coefficient (Wildman–Crippen LogP) is 2.98. The summed E-state index contributed by atoms with van der Waals surface area (Å²) in [6, 6.07) is 6.25. The molecule has 1 aromatic heterocycles. The molecular weight excluding hydrogens is 366 g/mol. The second-order valence-corrected chi connectivity index (χ2v) is 7.53. The molecule has 0 aliphatic carbocycles. The van der Waals surface area contributed by atoms with E-state index in [4.69, 9.17) is 14.5 Å². The molecule has 1 unspecified atom stereocenters. The van der Waals surface area contributed by atoms with Crippen molar-refractivity contribution >= 4 is 5.96 Å². The van der Waals surface area contributed by atoms with Gasteiger partial charge in [-0.05, 0) is 52.3 Å². The molecule has 2 N–H and O–H groups in total. The van der Waals surface area contributed by atoms with Crippen molar-refractivity contribution in [2.75, 3.05) is 20.2 Å². The Morgan fingerprint density at radius 3 is 2.83 bits per heavy atom. The molecule has 1 aromatic carbocycles. The first-order chi connectivity index (χ1) is 14.0. The Kier molecular flexibility index (Phi) is 7.01. The van der Waals surface area contributed by atoms with Crippen LogP contribution in [0.4, 0.5) is 0 Å². The normalized spacial score (nSPS) is 15.8. The van der Waals surface area contributed by atoms with Crippen LogP contribution in [0.1, 0.15) is 42.8 Å². The highest BCUT2D eigenvalue weighted by Crippen LogP contribution is 2.35. The van der Waals surface area contributed by atoms with Gasteiger partial charge in [-0.3, -0.25) is 4.68 Å². The maximum atomic E-state index is 5.89. The summed E-state index contributed by atoms with van der Waals surface area (Å²) in [7, 11) is 1.70. The summed E-state index contributed by atoms with van der Waals surface area (Å²) in [6.07, 6.45) is 2.12. The molecule has 2 heterocycles. The molecule has 7 heteroatoms. The number of rotatable bonds is 8. The van der Waals surface area contributed by atoms with Crippen LogP contribution >= 0.6 is 0 Å². The van der Waals surface area contributed by atoms with Crippen LogP contribution in [-0.4, -0.2) is 42.0 Å². The summed E-state index contributed by atoms with van der Waals surface area (Å²) < 4.78 is 13.5. The molecule has 0 saturated heterocycles. The fourth-order valence-corrected chi connectivity index (χ4v) is 3.64. The van der Waals surface area contributed by atoms with Gasteiger partial charge < -0.3 is 20.1 Å². The molecule has 0 spiro atoms. The largest absolute Gasteiger partial charge is 0.496 e. The molecule has 1 aliphatic rings. The van der Waals surface area contributed by atoms with Gasteiger partial charge in [-0.2, -0.15) is 5.10 Å². The van der Waals surface area contributed by atoms with E-state index in [-0.39, 0.29) is 6.10 Å². The van der Waals surface area contributed by atoms with Crippen LogP contribution in [0.3, 0.4) is 0 Å². The molecule has 0 fully saturated rings. The Hall–Kier alpha value is -2.70. The molecule has 29 heavy (non-hydrogen) atoms. The summed E-state index contributed by atoms with van der Waals surface area (Å²) in [4.78, 5) is 4.74. The van der Waals surface area contributed by atoms with Gasteiger partial charge >= 0.3 is 0 Å². The number of fused-ring (bicyclic) bond motifs is 1. The number of aryl methyl sites for hydroxylation is 3. The van der Waals surface area contributed by atoms with E-state index in [1.807, 2.05) is 6.92 Å². The van der Waals surface area contributed by atoms with E-state index in [0.717, 1.165) is 61.2 Å². The number of methoxy groups -OCH3 is 1. The minimum absolute atomic E-state index is 0.217. The molecule has 0 amide bonds. The molecule has 2 aromatic rings. The van der Waals surface area contributed by atoms with Crippen molar-refractivity contribution in [3.63, 3.8) is 0 Å². The molecule has 1 aliphatic heterocycles. The van der Waals surface area contributed by atoms with Crippen LogP contribution < -0.4 is 20.1 Å². The smallest absolute Gasteiger partial charge is 0.191 e. The quantitative estimate of drug-likeness (QED) is 0.406. The molecule has 158 valence electrons. The van der Waals surface area contributed by atoms with Gasteiger partial charge in [-0.1, -0.05) is 0 Å². The average molecular weight is 400 g/mol. The van der Waals surface area contributed by atoms with Crippen molar-refractivity contribution in [1.29, 1.82) is 0 Å². The zero-order chi connectivity index (χ0) is 20.8. The van der Waals surface area contributed by atoms with Crippen molar-refractivity contribution < 1.29 is 9.47 Å². The third kappa shape index (κ3) is 5.43. The zero-order valence-electron chi connectivity index (χ0n) is 18.2. The number of nitrogens with one attached hydrogen (secondary N) is 2. The summed E-state index contributed by atoms with van der Waals surface area (Å²) in [5.74, 6) is 2.62. The Bertz CT molecular complexity index is 859. The third-order valence-corrected chi connectivity index (χ3v) is 4.99. The van der Waals surface area contributed by atoms with Gasteiger partial charge in [0.05, 0.1) is 19.3 Å². The standard InChI is InChI=1S/C22H33N5O2/c1-6-23-22(24-8-7-9-27-16(3)10-15(2)26-27)25-14-19-13-21-18(11-17(4)29-21)12-20(19)28-5/h10,12-13,17H,6-9,11,14H2,1-5H3,(H2,23,24,25). The van der Waals surface area contributed by atoms with Gasteiger partial charge in [0.15, 0.2) is 5.96 Å². The van der Waals surface area contributed by atoms with Gasteiger partial charge in [-0.15, -0.1) is 0 Å². The first kappa shape index (κ1) is 21.0. The van der Waals surface area contributed by atoms with Gasteiger partial charge in [0, 0.05) is 42.9 Å². The Morgan fingerprint density at radius 1 is 1.31 bits per heavy atom. The van der Waals surface area contributed by atoms with Crippen molar-refractivity contribution in [3.05, 3.63) is 40.7 Å². The lowest BCUT2D eigenvalue weighted by molar-refractivity contribution is 0.254. The maximum Gasteiger partial charge on any atom is 0.191 e. The first-order valence-electron chi connectivity index (χ1n) is 10.4. The molecule has 7 nitrogen and oxygen atoms in total. The topological polar surface area (TPSA) is 72.7 Å². The Labute approximate surface area is 173 Å².